The first-order valence-electron chi connectivity index (χ1n) is 7.97. The van der Waals surface area contributed by atoms with Gasteiger partial charge >= 0.3 is 0 Å². The van der Waals surface area contributed by atoms with Crippen LogP contribution in [0.5, 0.6) is 5.75 Å². The maximum atomic E-state index is 13.6. The summed E-state index contributed by atoms with van der Waals surface area (Å²) in [5, 5.41) is 4.20. The van der Waals surface area contributed by atoms with E-state index >= 15 is 0 Å². The average Bonchev–Trinajstić information content (AvgIpc) is 3.07. The first-order chi connectivity index (χ1) is 12.4. The molecule has 26 heavy (non-hydrogen) atoms. The summed E-state index contributed by atoms with van der Waals surface area (Å²) in [6.07, 6.45) is 0. The van der Waals surface area contributed by atoms with Crippen molar-refractivity contribution in [3.63, 3.8) is 0 Å². The number of aryl methyl sites for hydroxylation is 2. The molecule has 0 bridgehead atoms. The van der Waals surface area contributed by atoms with Crippen LogP contribution >= 0.6 is 11.3 Å². The second-order valence-electron chi connectivity index (χ2n) is 5.91. The normalized spacial score (nSPS) is 10.6. The lowest BCUT2D eigenvalue weighted by Crippen LogP contribution is -2.11. The molecular formula is C20H17F2NO2S. The Morgan fingerprint density at radius 3 is 2.58 bits per heavy atom. The lowest BCUT2D eigenvalue weighted by Gasteiger charge is -2.11. The van der Waals surface area contributed by atoms with Crippen molar-refractivity contribution >= 4 is 22.9 Å². The van der Waals surface area contributed by atoms with Crippen LogP contribution in [0.1, 0.15) is 26.4 Å². The molecule has 134 valence electrons. The predicted octanol–water partition coefficient (Wildman–Crippen LogP) is 5.47. The fraction of sp³-hybridized carbons (Fsp3) is 0.150. The van der Waals surface area contributed by atoms with E-state index < -0.39 is 17.5 Å². The highest BCUT2D eigenvalue weighted by Crippen LogP contribution is 2.25. The highest BCUT2D eigenvalue weighted by Gasteiger charge is 2.13. The highest BCUT2D eigenvalue weighted by atomic mass is 32.1. The zero-order chi connectivity index (χ0) is 18.7. The molecule has 0 fully saturated rings. The zero-order valence-corrected chi connectivity index (χ0v) is 15.1. The van der Waals surface area contributed by atoms with E-state index in [4.69, 9.17) is 4.74 Å². The number of nitrogens with one attached hydrogen (secondary N) is 1. The Bertz CT molecular complexity index is 932. The van der Waals surface area contributed by atoms with Crippen LogP contribution in [0.25, 0.3) is 0 Å². The molecule has 1 heterocycles. The number of carbonyl (C=O) groups excluding carboxylic acids is 1. The molecule has 0 aliphatic heterocycles. The zero-order valence-electron chi connectivity index (χ0n) is 14.3. The molecule has 6 heteroatoms. The van der Waals surface area contributed by atoms with Gasteiger partial charge in [-0.2, -0.15) is 0 Å². The van der Waals surface area contributed by atoms with Gasteiger partial charge in [-0.3, -0.25) is 4.79 Å². The molecule has 3 rings (SSSR count). The minimum Gasteiger partial charge on any atom is -0.488 e. The van der Waals surface area contributed by atoms with Crippen molar-refractivity contribution in [2.24, 2.45) is 0 Å². The van der Waals surface area contributed by atoms with E-state index in [1.54, 1.807) is 6.07 Å². The van der Waals surface area contributed by atoms with Gasteiger partial charge in [-0.05, 0) is 48.6 Å². The maximum Gasteiger partial charge on any atom is 0.265 e. The van der Waals surface area contributed by atoms with E-state index in [1.807, 2.05) is 37.4 Å². The predicted molar refractivity (Wildman–Crippen MR) is 98.9 cm³/mol. The van der Waals surface area contributed by atoms with Crippen molar-refractivity contribution in [3.8, 4) is 5.75 Å². The molecule has 0 atom stereocenters. The van der Waals surface area contributed by atoms with Gasteiger partial charge in [-0.15, -0.1) is 11.3 Å². The number of hydrogen-bond acceptors (Lipinski definition) is 3. The monoisotopic (exact) mass is 373 g/mol. The summed E-state index contributed by atoms with van der Waals surface area (Å²) in [5.74, 6) is -0.963. The molecule has 0 radical (unpaired) electrons. The van der Waals surface area contributed by atoms with Gasteiger partial charge in [0.15, 0.2) is 0 Å². The van der Waals surface area contributed by atoms with Gasteiger partial charge in [0.25, 0.3) is 5.91 Å². The lowest BCUT2D eigenvalue weighted by molar-refractivity contribution is 0.103. The van der Waals surface area contributed by atoms with Gasteiger partial charge < -0.3 is 10.1 Å². The summed E-state index contributed by atoms with van der Waals surface area (Å²) >= 11 is 1.22. The van der Waals surface area contributed by atoms with Crippen LogP contribution in [0.3, 0.4) is 0 Å². The van der Waals surface area contributed by atoms with Gasteiger partial charge in [0.2, 0.25) is 0 Å². The number of para-hydroxylation sites is 1. The van der Waals surface area contributed by atoms with Crippen molar-refractivity contribution in [3.05, 3.63) is 81.0 Å². The smallest absolute Gasteiger partial charge is 0.265 e. The molecule has 0 spiro atoms. The third-order valence-corrected chi connectivity index (χ3v) is 4.82. The van der Waals surface area contributed by atoms with E-state index in [2.05, 4.69) is 5.32 Å². The molecule has 0 unspecified atom stereocenters. The van der Waals surface area contributed by atoms with E-state index in [-0.39, 0.29) is 5.69 Å². The molecule has 2 aromatic carbocycles. The van der Waals surface area contributed by atoms with Crippen molar-refractivity contribution in [2.75, 3.05) is 5.32 Å². The van der Waals surface area contributed by atoms with Crippen LogP contribution in [-0.4, -0.2) is 5.91 Å². The van der Waals surface area contributed by atoms with Crippen LogP contribution < -0.4 is 10.1 Å². The van der Waals surface area contributed by atoms with Crippen LogP contribution in [0.15, 0.2) is 47.8 Å². The number of halogens is 2. The molecule has 1 aromatic heterocycles. The highest BCUT2D eigenvalue weighted by molar-refractivity contribution is 7.12. The van der Waals surface area contributed by atoms with E-state index in [1.165, 1.54) is 11.3 Å². The van der Waals surface area contributed by atoms with Gasteiger partial charge in [0, 0.05) is 11.6 Å². The Balaban J connectivity index is 1.67. The largest absolute Gasteiger partial charge is 0.488 e. The first kappa shape index (κ1) is 18.1. The average molecular weight is 373 g/mol. The van der Waals surface area contributed by atoms with Gasteiger partial charge in [-0.1, -0.05) is 18.2 Å². The molecule has 0 saturated heterocycles. The number of amides is 1. The number of rotatable bonds is 5. The quantitative estimate of drug-likeness (QED) is 0.644. The van der Waals surface area contributed by atoms with Crippen molar-refractivity contribution < 1.29 is 18.3 Å². The molecule has 3 nitrogen and oxygen atoms in total. The van der Waals surface area contributed by atoms with Gasteiger partial charge in [0.05, 0.1) is 10.6 Å². The van der Waals surface area contributed by atoms with Crippen LogP contribution in [0.2, 0.25) is 0 Å². The Labute approximate surface area is 154 Å². The summed E-state index contributed by atoms with van der Waals surface area (Å²) in [7, 11) is 0. The number of ether oxygens (including phenoxy) is 1. The molecule has 0 saturated carbocycles. The van der Waals surface area contributed by atoms with Crippen LogP contribution in [0.4, 0.5) is 14.5 Å². The third-order valence-electron chi connectivity index (χ3n) is 3.85. The number of benzene rings is 2. The van der Waals surface area contributed by atoms with Crippen LogP contribution in [-0.2, 0) is 6.61 Å². The topological polar surface area (TPSA) is 38.3 Å². The molecule has 1 N–H and O–H groups in total. The van der Waals surface area contributed by atoms with E-state index in [0.717, 1.165) is 40.6 Å². The SMILES string of the molecule is Cc1cccc(C)c1OCc1csc(C(=O)Nc2cc(F)ccc2F)c1. The minimum atomic E-state index is -0.685. The van der Waals surface area contributed by atoms with Crippen molar-refractivity contribution in [2.45, 2.75) is 20.5 Å². The molecule has 1 amide bonds. The summed E-state index contributed by atoms with van der Waals surface area (Å²) in [6.45, 7) is 4.27. The number of anilines is 1. The van der Waals surface area contributed by atoms with Crippen molar-refractivity contribution in [1.29, 1.82) is 0 Å². The minimum absolute atomic E-state index is 0.184. The second kappa shape index (κ2) is 7.66. The Morgan fingerprint density at radius 1 is 1.12 bits per heavy atom. The number of hydrogen-bond donors (Lipinski definition) is 1. The summed E-state index contributed by atoms with van der Waals surface area (Å²) in [6, 6.07) is 10.5. The number of thiophene rings is 1. The van der Waals surface area contributed by atoms with Gasteiger partial charge in [-0.25, -0.2) is 8.78 Å². The Kier molecular flexibility index (Phi) is 5.32. The van der Waals surface area contributed by atoms with Crippen LogP contribution in [0, 0.1) is 25.5 Å². The standard InChI is InChI=1S/C20H17F2NO2S/c1-12-4-3-5-13(2)19(12)25-10-14-8-18(26-11-14)20(24)23-17-9-15(21)6-7-16(17)22/h3-9,11H,10H2,1-2H3,(H,23,24). The second-order valence-corrected chi connectivity index (χ2v) is 6.82. The van der Waals surface area contributed by atoms with E-state index in [9.17, 15) is 13.6 Å². The van der Waals surface area contributed by atoms with E-state index in [0.29, 0.717) is 11.5 Å². The van der Waals surface area contributed by atoms with Gasteiger partial charge in [0.1, 0.15) is 24.0 Å². The number of carbonyl (C=O) groups is 1. The fourth-order valence-corrected chi connectivity index (χ4v) is 3.32. The summed E-state index contributed by atoms with van der Waals surface area (Å²) in [5.41, 5.74) is 2.74. The lowest BCUT2D eigenvalue weighted by atomic mass is 10.1. The molecule has 3 aromatic rings. The van der Waals surface area contributed by atoms with Crippen molar-refractivity contribution in [1.82, 2.24) is 0 Å². The fourth-order valence-electron chi connectivity index (χ4n) is 2.53. The maximum absolute atomic E-state index is 13.6. The summed E-state index contributed by atoms with van der Waals surface area (Å²) < 4.78 is 32.7. The molecule has 0 aliphatic rings. The molecular weight excluding hydrogens is 356 g/mol. The Hall–Kier alpha value is -2.73. The Morgan fingerprint density at radius 2 is 1.85 bits per heavy atom. The summed E-state index contributed by atoms with van der Waals surface area (Å²) in [4.78, 5) is 12.6. The first-order valence-corrected chi connectivity index (χ1v) is 8.85. The third kappa shape index (κ3) is 4.08. The molecule has 0 aliphatic carbocycles.